The van der Waals surface area contributed by atoms with Gasteiger partial charge in [0.15, 0.2) is 7.98 Å². The zero-order valence-electron chi connectivity index (χ0n) is 6.43. The van der Waals surface area contributed by atoms with E-state index >= 15 is 0 Å². The topological polar surface area (TPSA) is 6.48 Å². The molecular weight excluding hydrogens is 111 g/mol. The molecule has 0 atom stereocenters. The summed E-state index contributed by atoms with van der Waals surface area (Å²) in [7, 11) is 2.19. The van der Waals surface area contributed by atoms with Crippen molar-refractivity contribution in [3.05, 3.63) is 0 Å². The number of hydrogen-bond acceptors (Lipinski definition) is 2. The van der Waals surface area contributed by atoms with Gasteiger partial charge in [0.25, 0.3) is 0 Å². The smallest absolute Gasteiger partial charge is 0.185 e. The van der Waals surface area contributed by atoms with Crippen LogP contribution < -0.4 is 0 Å². The van der Waals surface area contributed by atoms with Crippen LogP contribution in [0.3, 0.4) is 0 Å². The molecule has 0 unspecified atom stereocenters. The number of piperazine rings is 1. The van der Waals surface area contributed by atoms with Gasteiger partial charge in [-0.2, -0.15) is 0 Å². The molecule has 0 aromatic rings. The van der Waals surface area contributed by atoms with Crippen molar-refractivity contribution >= 4 is 7.98 Å². The van der Waals surface area contributed by atoms with Gasteiger partial charge < -0.3 is 9.71 Å². The van der Waals surface area contributed by atoms with Crippen molar-refractivity contribution in [1.82, 2.24) is 9.71 Å². The van der Waals surface area contributed by atoms with Gasteiger partial charge in [0.05, 0.1) is 0 Å². The lowest BCUT2D eigenvalue weighted by molar-refractivity contribution is 0.200. The van der Waals surface area contributed by atoms with Crippen molar-refractivity contribution in [2.45, 2.75) is 6.92 Å². The molecule has 1 aliphatic heterocycles. The fourth-order valence-electron chi connectivity index (χ4n) is 1.16. The lowest BCUT2D eigenvalue weighted by atomic mass is 10.2. The van der Waals surface area contributed by atoms with Crippen LogP contribution in [0.25, 0.3) is 0 Å². The summed E-state index contributed by atoms with van der Waals surface area (Å²) >= 11 is 0. The zero-order valence-corrected chi connectivity index (χ0v) is 6.43. The van der Waals surface area contributed by atoms with Gasteiger partial charge in [-0.1, -0.05) is 6.92 Å². The minimum Gasteiger partial charge on any atom is -0.346 e. The van der Waals surface area contributed by atoms with E-state index in [-0.39, 0.29) is 0 Å². The van der Waals surface area contributed by atoms with Crippen LogP contribution in [0.4, 0.5) is 0 Å². The highest BCUT2D eigenvalue weighted by molar-refractivity contribution is 6.04. The molecule has 3 heteroatoms. The standard InChI is InChI=1S/C6H15BN2/c1-2-8-3-5-9(7)6-4-8/h2-7H2,1H3. The maximum atomic E-state index is 2.49. The summed E-state index contributed by atoms with van der Waals surface area (Å²) in [5.41, 5.74) is 0. The van der Waals surface area contributed by atoms with Gasteiger partial charge in [-0.3, -0.25) is 0 Å². The summed E-state index contributed by atoms with van der Waals surface area (Å²) < 4.78 is 0. The van der Waals surface area contributed by atoms with Gasteiger partial charge in [0, 0.05) is 13.1 Å². The van der Waals surface area contributed by atoms with E-state index in [4.69, 9.17) is 0 Å². The second kappa shape index (κ2) is 3.23. The molecular formula is C6H15BN2. The first-order chi connectivity index (χ1) is 4.33. The molecule has 1 saturated heterocycles. The Morgan fingerprint density at radius 1 is 1.22 bits per heavy atom. The molecule has 1 aliphatic rings. The summed E-state index contributed by atoms with van der Waals surface area (Å²) in [5, 5.41) is 0. The first-order valence-electron chi connectivity index (χ1n) is 3.74. The molecule has 2 nitrogen and oxygen atoms in total. The SMILES string of the molecule is BN1CCN(CC)CC1. The number of hydrogen-bond donors (Lipinski definition) is 0. The molecule has 1 fully saturated rings. The summed E-state index contributed by atoms with van der Waals surface area (Å²) in [6.45, 7) is 8.45. The second-order valence-electron chi connectivity index (χ2n) is 2.74. The highest BCUT2D eigenvalue weighted by Gasteiger charge is 2.10. The molecule has 0 amide bonds. The third-order valence-electron chi connectivity index (χ3n) is 2.04. The maximum Gasteiger partial charge on any atom is 0.185 e. The van der Waals surface area contributed by atoms with Gasteiger partial charge >= 0.3 is 0 Å². The Labute approximate surface area is 58.3 Å². The van der Waals surface area contributed by atoms with Crippen LogP contribution in [0, 0.1) is 0 Å². The molecule has 0 saturated carbocycles. The van der Waals surface area contributed by atoms with Gasteiger partial charge in [0.1, 0.15) is 0 Å². The monoisotopic (exact) mass is 126 g/mol. The lowest BCUT2D eigenvalue weighted by Crippen LogP contribution is -2.44. The summed E-state index contributed by atoms with van der Waals surface area (Å²) in [6.07, 6.45) is 0. The predicted octanol–water partition coefficient (Wildman–Crippen LogP) is -0.828. The predicted molar refractivity (Wildman–Crippen MR) is 42.2 cm³/mol. The van der Waals surface area contributed by atoms with E-state index in [0.29, 0.717) is 0 Å². The first kappa shape index (κ1) is 7.10. The molecule has 0 aliphatic carbocycles. The van der Waals surface area contributed by atoms with Gasteiger partial charge in [-0.05, 0) is 19.6 Å². The Bertz CT molecular complexity index is 79.1. The average molecular weight is 126 g/mol. The second-order valence-corrected chi connectivity index (χ2v) is 2.74. The van der Waals surface area contributed by atoms with Crippen LogP contribution >= 0.6 is 0 Å². The van der Waals surface area contributed by atoms with E-state index in [2.05, 4.69) is 24.6 Å². The fraction of sp³-hybridized carbons (Fsp3) is 1.00. The fourth-order valence-corrected chi connectivity index (χ4v) is 1.16. The summed E-state index contributed by atoms with van der Waals surface area (Å²) in [4.78, 5) is 4.87. The Balaban J connectivity index is 2.18. The Kier molecular flexibility index (Phi) is 2.55. The molecule has 1 heterocycles. The van der Waals surface area contributed by atoms with Gasteiger partial charge in [0.2, 0.25) is 0 Å². The minimum absolute atomic E-state index is 1.22. The molecule has 9 heavy (non-hydrogen) atoms. The third kappa shape index (κ3) is 1.99. The lowest BCUT2D eigenvalue weighted by Gasteiger charge is -2.31. The van der Waals surface area contributed by atoms with Crippen LogP contribution in [-0.2, 0) is 0 Å². The summed E-state index contributed by atoms with van der Waals surface area (Å²) in [6, 6.07) is 0. The van der Waals surface area contributed by atoms with Gasteiger partial charge in [-0.25, -0.2) is 0 Å². The molecule has 0 bridgehead atoms. The van der Waals surface area contributed by atoms with Crippen molar-refractivity contribution in [3.8, 4) is 0 Å². The molecule has 0 aromatic carbocycles. The van der Waals surface area contributed by atoms with Crippen molar-refractivity contribution in [3.63, 3.8) is 0 Å². The maximum absolute atomic E-state index is 2.49. The van der Waals surface area contributed by atoms with E-state index in [1.54, 1.807) is 0 Å². The molecule has 52 valence electrons. The highest BCUT2D eigenvalue weighted by Crippen LogP contribution is 1.96. The Morgan fingerprint density at radius 2 is 1.78 bits per heavy atom. The molecule has 0 radical (unpaired) electrons. The molecule has 0 N–H and O–H groups in total. The van der Waals surface area contributed by atoms with Crippen LogP contribution in [0.15, 0.2) is 0 Å². The number of likely N-dealkylation sites (N-methyl/N-ethyl adjacent to an activating group) is 1. The zero-order chi connectivity index (χ0) is 6.69. The molecule has 0 spiro atoms. The van der Waals surface area contributed by atoms with Crippen molar-refractivity contribution in [2.24, 2.45) is 0 Å². The average Bonchev–Trinajstić information content (AvgIpc) is 1.90. The Morgan fingerprint density at radius 3 is 2.22 bits per heavy atom. The van der Waals surface area contributed by atoms with Crippen molar-refractivity contribution < 1.29 is 0 Å². The van der Waals surface area contributed by atoms with Crippen LogP contribution in [0.5, 0.6) is 0 Å². The van der Waals surface area contributed by atoms with E-state index in [0.717, 1.165) is 0 Å². The van der Waals surface area contributed by atoms with Gasteiger partial charge in [-0.15, -0.1) is 0 Å². The molecule has 0 aromatic heterocycles. The highest BCUT2D eigenvalue weighted by atomic mass is 15.2. The van der Waals surface area contributed by atoms with E-state index < -0.39 is 0 Å². The normalized spacial score (nSPS) is 24.6. The number of rotatable bonds is 1. The van der Waals surface area contributed by atoms with E-state index in [9.17, 15) is 0 Å². The van der Waals surface area contributed by atoms with Crippen LogP contribution in [0.2, 0.25) is 0 Å². The minimum atomic E-state index is 1.22. The quantitative estimate of drug-likeness (QED) is 0.423. The van der Waals surface area contributed by atoms with Crippen molar-refractivity contribution in [1.29, 1.82) is 0 Å². The largest absolute Gasteiger partial charge is 0.346 e. The first-order valence-corrected chi connectivity index (χ1v) is 3.74. The third-order valence-corrected chi connectivity index (χ3v) is 2.04. The summed E-state index contributed by atoms with van der Waals surface area (Å²) in [5.74, 6) is 0. The van der Waals surface area contributed by atoms with Crippen LogP contribution in [-0.4, -0.2) is 50.4 Å². The van der Waals surface area contributed by atoms with Crippen LogP contribution in [0.1, 0.15) is 6.92 Å². The Hall–Kier alpha value is -0.0151. The van der Waals surface area contributed by atoms with Crippen molar-refractivity contribution in [2.75, 3.05) is 32.7 Å². The molecule has 1 rings (SSSR count). The van der Waals surface area contributed by atoms with E-state index in [1.807, 2.05) is 0 Å². The van der Waals surface area contributed by atoms with E-state index in [1.165, 1.54) is 32.7 Å². The number of nitrogens with zero attached hydrogens (tertiary/aromatic N) is 2.